The third-order valence-electron chi connectivity index (χ3n) is 2.21. The van der Waals surface area contributed by atoms with Crippen LogP contribution in [0.3, 0.4) is 0 Å². The Morgan fingerprint density at radius 2 is 2.14 bits per heavy atom. The normalized spacial score (nSPS) is 21.5. The SMILES string of the molecule is CC(C)(C)C#CCNC1CC=CCC1. The van der Waals surface area contributed by atoms with Gasteiger partial charge in [-0.05, 0) is 40.0 Å². The summed E-state index contributed by atoms with van der Waals surface area (Å²) in [5.74, 6) is 6.42. The summed E-state index contributed by atoms with van der Waals surface area (Å²) in [6, 6.07) is 0.647. The molecule has 1 atom stereocenters. The van der Waals surface area contributed by atoms with Gasteiger partial charge in [0.25, 0.3) is 0 Å². The number of hydrogen-bond donors (Lipinski definition) is 1. The second-order valence-electron chi connectivity index (χ2n) is 4.91. The lowest BCUT2D eigenvalue weighted by molar-refractivity contribution is 0.500. The van der Waals surface area contributed by atoms with Gasteiger partial charge in [0.1, 0.15) is 0 Å². The molecule has 0 bridgehead atoms. The molecule has 1 heteroatoms. The predicted octanol–water partition coefficient (Wildman–Crippen LogP) is 2.73. The van der Waals surface area contributed by atoms with Gasteiger partial charge in [0.05, 0.1) is 6.54 Å². The van der Waals surface area contributed by atoms with Crippen molar-refractivity contribution in [3.8, 4) is 11.8 Å². The standard InChI is InChI=1S/C13H21N/c1-13(2,3)10-7-11-14-12-8-5-4-6-9-12/h4-5,12,14H,6,8-9,11H2,1-3H3. The molecule has 1 rings (SSSR count). The largest absolute Gasteiger partial charge is 0.303 e. The lowest BCUT2D eigenvalue weighted by Gasteiger charge is -2.17. The molecule has 0 saturated carbocycles. The molecule has 0 saturated heterocycles. The molecule has 0 fully saturated rings. The zero-order valence-corrected chi connectivity index (χ0v) is 9.56. The van der Waals surface area contributed by atoms with Gasteiger partial charge in [0.2, 0.25) is 0 Å². The van der Waals surface area contributed by atoms with E-state index in [-0.39, 0.29) is 5.41 Å². The van der Waals surface area contributed by atoms with Gasteiger partial charge in [-0.2, -0.15) is 0 Å². The molecule has 0 aromatic carbocycles. The van der Waals surface area contributed by atoms with Crippen molar-refractivity contribution in [2.45, 2.75) is 46.1 Å². The molecule has 0 aliphatic heterocycles. The summed E-state index contributed by atoms with van der Waals surface area (Å²) < 4.78 is 0. The number of nitrogens with one attached hydrogen (secondary N) is 1. The van der Waals surface area contributed by atoms with E-state index in [0.29, 0.717) is 6.04 Å². The molecule has 0 heterocycles. The maximum Gasteiger partial charge on any atom is 0.0578 e. The molecular formula is C13H21N. The molecular weight excluding hydrogens is 170 g/mol. The predicted molar refractivity (Wildman–Crippen MR) is 62.0 cm³/mol. The lowest BCUT2D eigenvalue weighted by Crippen LogP contribution is -2.30. The Balaban J connectivity index is 2.20. The number of allylic oxidation sites excluding steroid dienone is 1. The fourth-order valence-corrected chi connectivity index (χ4v) is 1.48. The highest BCUT2D eigenvalue weighted by Gasteiger charge is 2.07. The first-order chi connectivity index (χ1) is 6.58. The van der Waals surface area contributed by atoms with Crippen LogP contribution in [-0.2, 0) is 0 Å². The van der Waals surface area contributed by atoms with Gasteiger partial charge in [-0.25, -0.2) is 0 Å². The minimum atomic E-state index is 0.133. The van der Waals surface area contributed by atoms with Crippen LogP contribution in [-0.4, -0.2) is 12.6 Å². The number of hydrogen-bond acceptors (Lipinski definition) is 1. The molecule has 1 aliphatic carbocycles. The van der Waals surface area contributed by atoms with Crippen molar-refractivity contribution in [1.82, 2.24) is 5.32 Å². The van der Waals surface area contributed by atoms with Crippen molar-refractivity contribution >= 4 is 0 Å². The third-order valence-corrected chi connectivity index (χ3v) is 2.21. The van der Waals surface area contributed by atoms with Gasteiger partial charge >= 0.3 is 0 Å². The van der Waals surface area contributed by atoms with E-state index < -0.39 is 0 Å². The van der Waals surface area contributed by atoms with E-state index in [1.165, 1.54) is 12.8 Å². The third kappa shape index (κ3) is 5.09. The quantitative estimate of drug-likeness (QED) is 0.523. The highest BCUT2D eigenvalue weighted by Crippen LogP contribution is 2.10. The Morgan fingerprint density at radius 1 is 1.36 bits per heavy atom. The van der Waals surface area contributed by atoms with Crippen LogP contribution in [0.4, 0.5) is 0 Å². The van der Waals surface area contributed by atoms with Crippen molar-refractivity contribution < 1.29 is 0 Å². The van der Waals surface area contributed by atoms with E-state index in [0.717, 1.165) is 13.0 Å². The molecule has 1 unspecified atom stereocenters. The summed E-state index contributed by atoms with van der Waals surface area (Å²) in [5.41, 5.74) is 0.133. The molecule has 14 heavy (non-hydrogen) atoms. The average Bonchev–Trinajstić information content (AvgIpc) is 2.13. The molecule has 0 aromatic heterocycles. The molecule has 1 N–H and O–H groups in total. The zero-order valence-electron chi connectivity index (χ0n) is 9.56. The molecule has 0 spiro atoms. The Hall–Kier alpha value is -0.740. The first-order valence-electron chi connectivity index (χ1n) is 5.46. The van der Waals surface area contributed by atoms with E-state index in [4.69, 9.17) is 0 Å². The van der Waals surface area contributed by atoms with Crippen molar-refractivity contribution in [2.75, 3.05) is 6.54 Å². The van der Waals surface area contributed by atoms with Gasteiger partial charge in [-0.1, -0.05) is 24.0 Å². The van der Waals surface area contributed by atoms with Crippen molar-refractivity contribution in [2.24, 2.45) is 5.41 Å². The number of rotatable bonds is 2. The van der Waals surface area contributed by atoms with E-state index in [1.807, 2.05) is 0 Å². The molecule has 0 radical (unpaired) electrons. The molecule has 78 valence electrons. The lowest BCUT2D eigenvalue weighted by atomic mass is 9.98. The van der Waals surface area contributed by atoms with Gasteiger partial charge in [0.15, 0.2) is 0 Å². The van der Waals surface area contributed by atoms with Gasteiger partial charge in [0, 0.05) is 11.5 Å². The first-order valence-corrected chi connectivity index (χ1v) is 5.46. The van der Waals surface area contributed by atoms with E-state index >= 15 is 0 Å². The highest BCUT2D eigenvalue weighted by atomic mass is 14.9. The van der Waals surface area contributed by atoms with Crippen LogP contribution in [0.25, 0.3) is 0 Å². The Morgan fingerprint density at radius 3 is 2.71 bits per heavy atom. The van der Waals surface area contributed by atoms with Crippen LogP contribution in [0.1, 0.15) is 40.0 Å². The maximum atomic E-state index is 3.47. The van der Waals surface area contributed by atoms with E-state index in [2.05, 4.69) is 50.1 Å². The van der Waals surface area contributed by atoms with Gasteiger partial charge in [-0.15, -0.1) is 0 Å². The van der Waals surface area contributed by atoms with E-state index in [9.17, 15) is 0 Å². The maximum absolute atomic E-state index is 3.47. The minimum Gasteiger partial charge on any atom is -0.303 e. The molecule has 0 amide bonds. The van der Waals surface area contributed by atoms with Crippen molar-refractivity contribution in [3.05, 3.63) is 12.2 Å². The van der Waals surface area contributed by atoms with Crippen molar-refractivity contribution in [3.63, 3.8) is 0 Å². The van der Waals surface area contributed by atoms with E-state index in [1.54, 1.807) is 0 Å². The van der Waals surface area contributed by atoms with Crippen LogP contribution in [0.15, 0.2) is 12.2 Å². The van der Waals surface area contributed by atoms with Crippen LogP contribution >= 0.6 is 0 Å². The summed E-state index contributed by atoms with van der Waals surface area (Å²) >= 11 is 0. The summed E-state index contributed by atoms with van der Waals surface area (Å²) in [6.07, 6.45) is 8.16. The van der Waals surface area contributed by atoms with Gasteiger partial charge < -0.3 is 5.32 Å². The highest BCUT2D eigenvalue weighted by molar-refractivity contribution is 5.08. The second-order valence-corrected chi connectivity index (χ2v) is 4.91. The zero-order chi connectivity index (χ0) is 10.4. The second kappa shape index (κ2) is 5.22. The molecule has 1 aliphatic rings. The summed E-state index contributed by atoms with van der Waals surface area (Å²) in [5, 5.41) is 3.47. The summed E-state index contributed by atoms with van der Waals surface area (Å²) in [4.78, 5) is 0. The van der Waals surface area contributed by atoms with Crippen LogP contribution < -0.4 is 5.32 Å². The van der Waals surface area contributed by atoms with Crippen LogP contribution in [0.5, 0.6) is 0 Å². The summed E-state index contributed by atoms with van der Waals surface area (Å²) in [7, 11) is 0. The smallest absolute Gasteiger partial charge is 0.0578 e. The fourth-order valence-electron chi connectivity index (χ4n) is 1.48. The monoisotopic (exact) mass is 191 g/mol. The first kappa shape index (κ1) is 11.3. The molecule has 0 aromatic rings. The van der Waals surface area contributed by atoms with Crippen LogP contribution in [0, 0.1) is 17.3 Å². The van der Waals surface area contributed by atoms with Crippen LogP contribution in [0.2, 0.25) is 0 Å². The summed E-state index contributed by atoms with van der Waals surface area (Å²) in [6.45, 7) is 7.26. The Bertz CT molecular complexity index is 247. The molecule has 1 nitrogen and oxygen atoms in total. The Labute approximate surface area is 88.0 Å². The van der Waals surface area contributed by atoms with Crippen molar-refractivity contribution in [1.29, 1.82) is 0 Å². The fraction of sp³-hybridized carbons (Fsp3) is 0.692. The minimum absolute atomic E-state index is 0.133. The Kier molecular flexibility index (Phi) is 4.22. The average molecular weight is 191 g/mol. The topological polar surface area (TPSA) is 12.0 Å². The van der Waals surface area contributed by atoms with Gasteiger partial charge in [-0.3, -0.25) is 0 Å².